The van der Waals surface area contributed by atoms with E-state index in [4.69, 9.17) is 15.6 Å². The van der Waals surface area contributed by atoms with Gasteiger partial charge in [-0.15, -0.1) is 0 Å². The van der Waals surface area contributed by atoms with Crippen molar-refractivity contribution in [2.24, 2.45) is 5.73 Å². The van der Waals surface area contributed by atoms with Gasteiger partial charge in [-0.3, -0.25) is 0 Å². The molecule has 0 amide bonds. The summed E-state index contributed by atoms with van der Waals surface area (Å²) in [7, 11) is 1.50. The molecular formula is C11H16FNO2. The van der Waals surface area contributed by atoms with Crippen molar-refractivity contribution in [1.82, 2.24) is 0 Å². The summed E-state index contributed by atoms with van der Waals surface area (Å²) in [6, 6.07) is 6.46. The van der Waals surface area contributed by atoms with Gasteiger partial charge >= 0.3 is 0 Å². The summed E-state index contributed by atoms with van der Waals surface area (Å²) in [6.07, 6.45) is -0.442. The van der Waals surface area contributed by atoms with Gasteiger partial charge in [0.05, 0.1) is 18.8 Å². The van der Waals surface area contributed by atoms with Crippen molar-refractivity contribution in [2.75, 3.05) is 13.8 Å². The summed E-state index contributed by atoms with van der Waals surface area (Å²) < 4.78 is 17.5. The van der Waals surface area contributed by atoms with Crippen LogP contribution in [-0.2, 0) is 11.3 Å². The van der Waals surface area contributed by atoms with Gasteiger partial charge in [-0.05, 0) is 11.1 Å². The molecule has 15 heavy (non-hydrogen) atoms. The monoisotopic (exact) mass is 213 g/mol. The SMILES string of the molecule is CO[C@H](c1ccc(CO)cc1)[C@H](N)CF. The summed E-state index contributed by atoms with van der Waals surface area (Å²) >= 11 is 0. The van der Waals surface area contributed by atoms with E-state index in [0.717, 1.165) is 11.1 Å². The summed E-state index contributed by atoms with van der Waals surface area (Å²) in [5.74, 6) is 0. The van der Waals surface area contributed by atoms with Crippen LogP contribution in [-0.4, -0.2) is 24.9 Å². The molecule has 1 rings (SSSR count). The van der Waals surface area contributed by atoms with Crippen molar-refractivity contribution in [3.05, 3.63) is 35.4 Å². The first-order valence-corrected chi connectivity index (χ1v) is 4.77. The minimum atomic E-state index is -0.657. The molecule has 0 unspecified atom stereocenters. The minimum Gasteiger partial charge on any atom is -0.392 e. The Hall–Kier alpha value is -0.970. The normalized spacial score (nSPS) is 14.9. The van der Waals surface area contributed by atoms with E-state index < -0.39 is 18.8 Å². The van der Waals surface area contributed by atoms with Crippen LogP contribution in [0.3, 0.4) is 0 Å². The zero-order chi connectivity index (χ0) is 11.3. The van der Waals surface area contributed by atoms with Crippen LogP contribution in [0.5, 0.6) is 0 Å². The van der Waals surface area contributed by atoms with E-state index in [1.54, 1.807) is 24.3 Å². The van der Waals surface area contributed by atoms with Crippen LogP contribution in [0, 0.1) is 0 Å². The molecule has 0 saturated carbocycles. The molecule has 2 atom stereocenters. The maximum absolute atomic E-state index is 12.4. The van der Waals surface area contributed by atoms with Crippen molar-refractivity contribution in [3.63, 3.8) is 0 Å². The van der Waals surface area contributed by atoms with E-state index in [2.05, 4.69) is 0 Å². The molecule has 0 aliphatic rings. The highest BCUT2D eigenvalue weighted by atomic mass is 19.1. The molecule has 4 heteroatoms. The zero-order valence-electron chi connectivity index (χ0n) is 8.69. The predicted octanol–water partition coefficient (Wildman–Crippen LogP) is 1.16. The van der Waals surface area contributed by atoms with Gasteiger partial charge in [0.1, 0.15) is 6.67 Å². The second kappa shape index (κ2) is 5.80. The van der Waals surface area contributed by atoms with Gasteiger partial charge in [0.25, 0.3) is 0 Å². The quantitative estimate of drug-likeness (QED) is 0.771. The Balaban J connectivity index is 2.83. The Morgan fingerprint density at radius 1 is 1.40 bits per heavy atom. The highest BCUT2D eigenvalue weighted by molar-refractivity contribution is 5.24. The van der Waals surface area contributed by atoms with E-state index in [0.29, 0.717) is 0 Å². The molecule has 84 valence electrons. The Kier molecular flexibility index (Phi) is 4.68. The van der Waals surface area contributed by atoms with Gasteiger partial charge in [-0.25, -0.2) is 4.39 Å². The predicted molar refractivity (Wildman–Crippen MR) is 56.1 cm³/mol. The van der Waals surface area contributed by atoms with E-state index >= 15 is 0 Å². The van der Waals surface area contributed by atoms with Gasteiger partial charge in [-0.2, -0.15) is 0 Å². The van der Waals surface area contributed by atoms with Gasteiger partial charge in [-0.1, -0.05) is 24.3 Å². The Labute approximate surface area is 88.7 Å². The Bertz CT molecular complexity index is 289. The van der Waals surface area contributed by atoms with Crippen LogP contribution in [0.25, 0.3) is 0 Å². The van der Waals surface area contributed by atoms with Crippen molar-refractivity contribution >= 4 is 0 Å². The summed E-state index contributed by atoms with van der Waals surface area (Å²) in [5, 5.41) is 8.86. The Morgan fingerprint density at radius 2 is 2.00 bits per heavy atom. The molecule has 0 heterocycles. The first-order chi connectivity index (χ1) is 7.22. The average molecular weight is 213 g/mol. The van der Waals surface area contributed by atoms with Crippen LogP contribution in [0.1, 0.15) is 17.2 Å². The number of alkyl halides is 1. The maximum atomic E-state index is 12.4. The van der Waals surface area contributed by atoms with Gasteiger partial charge in [0.15, 0.2) is 0 Å². The lowest BCUT2D eigenvalue weighted by Gasteiger charge is -2.20. The van der Waals surface area contributed by atoms with Gasteiger partial charge in [0, 0.05) is 7.11 Å². The molecule has 0 aliphatic carbocycles. The number of aliphatic hydroxyl groups is 1. The number of nitrogens with two attached hydrogens (primary N) is 1. The first kappa shape index (κ1) is 12.1. The van der Waals surface area contributed by atoms with Crippen LogP contribution in [0.2, 0.25) is 0 Å². The maximum Gasteiger partial charge on any atom is 0.107 e. The standard InChI is InChI=1S/C11H16FNO2/c1-15-11(10(13)6-12)9-4-2-8(7-14)3-5-9/h2-5,10-11,14H,6-7,13H2,1H3/t10-,11-/m1/s1. The fourth-order valence-corrected chi connectivity index (χ4v) is 1.45. The van der Waals surface area contributed by atoms with E-state index in [9.17, 15) is 4.39 Å². The third-order valence-corrected chi connectivity index (χ3v) is 2.31. The number of methoxy groups -OCH3 is 1. The number of hydrogen-bond acceptors (Lipinski definition) is 3. The number of benzene rings is 1. The van der Waals surface area contributed by atoms with Crippen LogP contribution in [0.15, 0.2) is 24.3 Å². The molecule has 0 aromatic heterocycles. The van der Waals surface area contributed by atoms with Crippen LogP contribution < -0.4 is 5.73 Å². The number of aliphatic hydroxyl groups excluding tert-OH is 1. The smallest absolute Gasteiger partial charge is 0.107 e. The van der Waals surface area contributed by atoms with Crippen LogP contribution >= 0.6 is 0 Å². The molecule has 1 aromatic rings. The van der Waals surface area contributed by atoms with Crippen LogP contribution in [0.4, 0.5) is 4.39 Å². The lowest BCUT2D eigenvalue weighted by Crippen LogP contribution is -2.31. The number of hydrogen-bond donors (Lipinski definition) is 2. The average Bonchev–Trinajstić information content (AvgIpc) is 2.30. The molecular weight excluding hydrogens is 197 g/mol. The van der Waals surface area contributed by atoms with Gasteiger partial charge in [0.2, 0.25) is 0 Å². The molecule has 3 nitrogen and oxygen atoms in total. The van der Waals surface area contributed by atoms with Crippen molar-refractivity contribution < 1.29 is 14.2 Å². The molecule has 0 bridgehead atoms. The first-order valence-electron chi connectivity index (χ1n) is 4.77. The number of ether oxygens (including phenoxy) is 1. The fraction of sp³-hybridized carbons (Fsp3) is 0.455. The molecule has 1 aromatic carbocycles. The minimum absolute atomic E-state index is 0.00685. The van der Waals surface area contributed by atoms with E-state index in [-0.39, 0.29) is 6.61 Å². The largest absolute Gasteiger partial charge is 0.392 e. The number of rotatable bonds is 5. The van der Waals surface area contributed by atoms with Crippen molar-refractivity contribution in [1.29, 1.82) is 0 Å². The highest BCUT2D eigenvalue weighted by Crippen LogP contribution is 2.20. The number of halogens is 1. The lowest BCUT2D eigenvalue weighted by molar-refractivity contribution is 0.0720. The second-order valence-electron chi connectivity index (χ2n) is 3.37. The molecule has 0 spiro atoms. The zero-order valence-corrected chi connectivity index (χ0v) is 8.69. The molecule has 0 aliphatic heterocycles. The second-order valence-corrected chi connectivity index (χ2v) is 3.37. The summed E-state index contributed by atoms with van der Waals surface area (Å²) in [5.41, 5.74) is 7.21. The third-order valence-electron chi connectivity index (χ3n) is 2.31. The molecule has 3 N–H and O–H groups in total. The third kappa shape index (κ3) is 2.99. The summed E-state index contributed by atoms with van der Waals surface area (Å²) in [4.78, 5) is 0. The van der Waals surface area contributed by atoms with Crippen molar-refractivity contribution in [2.45, 2.75) is 18.8 Å². The lowest BCUT2D eigenvalue weighted by atomic mass is 10.0. The topological polar surface area (TPSA) is 55.5 Å². The highest BCUT2D eigenvalue weighted by Gasteiger charge is 2.18. The molecule has 0 radical (unpaired) electrons. The van der Waals surface area contributed by atoms with Crippen molar-refractivity contribution in [3.8, 4) is 0 Å². The summed E-state index contributed by atoms with van der Waals surface area (Å²) in [6.45, 7) is -0.632. The van der Waals surface area contributed by atoms with E-state index in [1.807, 2.05) is 0 Å². The van der Waals surface area contributed by atoms with E-state index in [1.165, 1.54) is 7.11 Å². The van der Waals surface area contributed by atoms with Gasteiger partial charge < -0.3 is 15.6 Å². The Morgan fingerprint density at radius 3 is 2.40 bits per heavy atom. The molecule has 0 fully saturated rings. The molecule has 0 saturated heterocycles. The fourth-order valence-electron chi connectivity index (χ4n) is 1.45.